The highest BCUT2D eigenvalue weighted by Crippen LogP contribution is 2.40. The first-order valence-corrected chi connectivity index (χ1v) is 17.9. The van der Waals surface area contributed by atoms with Gasteiger partial charge in [-0.2, -0.15) is 0 Å². The van der Waals surface area contributed by atoms with Crippen LogP contribution >= 0.6 is 0 Å². The van der Waals surface area contributed by atoms with Crippen LogP contribution in [0.25, 0.3) is 111 Å². The number of rotatable bonds is 5. The molecule has 252 valence electrons. The third-order valence-corrected chi connectivity index (χ3v) is 10.3. The minimum atomic E-state index is 0.577. The van der Waals surface area contributed by atoms with E-state index in [0.717, 1.165) is 93.6 Å². The van der Waals surface area contributed by atoms with Gasteiger partial charge in [0.25, 0.3) is 0 Å². The van der Waals surface area contributed by atoms with Crippen LogP contribution in [0.4, 0.5) is 0 Å². The molecule has 0 unspecified atom stereocenters. The number of para-hydroxylation sites is 1. The average Bonchev–Trinajstić information content (AvgIpc) is 3.82. The molecule has 0 aliphatic heterocycles. The summed E-state index contributed by atoms with van der Waals surface area (Å²) in [6, 6.07) is 54.1. The maximum Gasteiger partial charge on any atom is 0.164 e. The molecule has 0 spiro atoms. The van der Waals surface area contributed by atoms with Crippen LogP contribution in [-0.4, -0.2) is 19.9 Å². The average molecular weight is 693 g/mol. The van der Waals surface area contributed by atoms with Gasteiger partial charge in [-0.1, -0.05) is 127 Å². The van der Waals surface area contributed by atoms with Crippen LogP contribution in [0, 0.1) is 0 Å². The molecule has 4 aromatic heterocycles. The van der Waals surface area contributed by atoms with Gasteiger partial charge in [-0.25, -0.2) is 15.0 Å². The second kappa shape index (κ2) is 12.1. The summed E-state index contributed by atoms with van der Waals surface area (Å²) in [6.07, 6.45) is 3.53. The third-order valence-electron chi connectivity index (χ3n) is 10.3. The fraction of sp³-hybridized carbons (Fsp3) is 0. The minimum Gasteiger partial charge on any atom is -0.456 e. The summed E-state index contributed by atoms with van der Waals surface area (Å²) in [5.74, 6) is 1.78. The van der Waals surface area contributed by atoms with Crippen LogP contribution in [0.1, 0.15) is 0 Å². The molecule has 0 saturated carbocycles. The molecule has 0 bridgehead atoms. The summed E-state index contributed by atoms with van der Waals surface area (Å²) in [7, 11) is 0. The molecule has 0 aliphatic carbocycles. The Labute approximate surface area is 309 Å². The molecule has 11 aromatic rings. The van der Waals surface area contributed by atoms with Crippen LogP contribution in [-0.2, 0) is 0 Å². The van der Waals surface area contributed by atoms with E-state index in [-0.39, 0.29) is 0 Å². The molecule has 6 nitrogen and oxygen atoms in total. The van der Waals surface area contributed by atoms with Crippen molar-refractivity contribution in [3.8, 4) is 56.4 Å². The topological polar surface area (TPSA) is 77.8 Å². The summed E-state index contributed by atoms with van der Waals surface area (Å²) in [5.41, 5.74) is 10.5. The van der Waals surface area contributed by atoms with Gasteiger partial charge in [-0.3, -0.25) is 4.98 Å². The molecule has 6 heteroatoms. The number of benzene rings is 7. The van der Waals surface area contributed by atoms with E-state index in [0.29, 0.717) is 17.5 Å². The van der Waals surface area contributed by atoms with Crippen molar-refractivity contribution in [2.75, 3.05) is 0 Å². The first-order valence-electron chi connectivity index (χ1n) is 17.9. The fourth-order valence-corrected chi connectivity index (χ4v) is 7.79. The molecule has 0 saturated heterocycles. The Bertz CT molecular complexity index is 3220. The monoisotopic (exact) mass is 692 g/mol. The number of furan rings is 2. The lowest BCUT2D eigenvalue weighted by Gasteiger charge is -2.14. The van der Waals surface area contributed by atoms with Crippen molar-refractivity contribution in [1.29, 1.82) is 0 Å². The SMILES string of the molecule is c1ccc(-c2nc(-c3ccc(-c4ccc(-c5cccc6oc7ccccc7c56)cc4)c4ccccc34)nc(-c3cccc4oc5cnccc5c34)n2)cc1. The van der Waals surface area contributed by atoms with Gasteiger partial charge in [0.15, 0.2) is 23.1 Å². The van der Waals surface area contributed by atoms with Gasteiger partial charge in [0, 0.05) is 44.4 Å². The van der Waals surface area contributed by atoms with Gasteiger partial charge >= 0.3 is 0 Å². The predicted molar refractivity (Wildman–Crippen MR) is 217 cm³/mol. The van der Waals surface area contributed by atoms with E-state index in [1.807, 2.05) is 72.8 Å². The number of aromatic nitrogens is 4. The van der Waals surface area contributed by atoms with E-state index in [1.165, 1.54) is 0 Å². The highest BCUT2D eigenvalue weighted by Gasteiger charge is 2.20. The zero-order valence-electron chi connectivity index (χ0n) is 28.8. The van der Waals surface area contributed by atoms with Crippen molar-refractivity contribution in [3.63, 3.8) is 0 Å². The van der Waals surface area contributed by atoms with Crippen molar-refractivity contribution < 1.29 is 8.83 Å². The Morgan fingerprint density at radius 1 is 0.315 bits per heavy atom. The molecule has 0 radical (unpaired) electrons. The number of fused-ring (bicyclic) bond motifs is 7. The summed E-state index contributed by atoms with van der Waals surface area (Å²) >= 11 is 0. The summed E-state index contributed by atoms with van der Waals surface area (Å²) in [4.78, 5) is 19.6. The Hall–Kier alpha value is -7.44. The quantitative estimate of drug-likeness (QED) is 0.179. The van der Waals surface area contributed by atoms with E-state index < -0.39 is 0 Å². The van der Waals surface area contributed by atoms with Gasteiger partial charge in [-0.15, -0.1) is 0 Å². The normalized spacial score (nSPS) is 11.7. The van der Waals surface area contributed by atoms with Gasteiger partial charge in [0.2, 0.25) is 0 Å². The van der Waals surface area contributed by atoms with Gasteiger partial charge < -0.3 is 8.83 Å². The lowest BCUT2D eigenvalue weighted by atomic mass is 9.93. The first kappa shape index (κ1) is 30.2. The maximum atomic E-state index is 6.18. The molecule has 0 amide bonds. The third kappa shape index (κ3) is 4.81. The van der Waals surface area contributed by atoms with E-state index in [4.69, 9.17) is 23.8 Å². The summed E-state index contributed by atoms with van der Waals surface area (Å²) in [5, 5.41) is 6.35. The number of hydrogen-bond acceptors (Lipinski definition) is 6. The minimum absolute atomic E-state index is 0.577. The zero-order valence-corrected chi connectivity index (χ0v) is 28.8. The second-order valence-electron chi connectivity index (χ2n) is 13.4. The molecule has 0 atom stereocenters. The van der Waals surface area contributed by atoms with E-state index in [9.17, 15) is 0 Å². The number of pyridine rings is 1. The van der Waals surface area contributed by atoms with Crippen LogP contribution in [0.3, 0.4) is 0 Å². The van der Waals surface area contributed by atoms with E-state index in [2.05, 4.69) is 89.9 Å². The predicted octanol–water partition coefficient (Wildman–Crippen LogP) is 12.6. The number of hydrogen-bond donors (Lipinski definition) is 0. The van der Waals surface area contributed by atoms with Crippen molar-refractivity contribution in [1.82, 2.24) is 19.9 Å². The molecular formula is C48H28N4O2. The molecule has 4 heterocycles. The first-order chi connectivity index (χ1) is 26.8. The van der Waals surface area contributed by atoms with Gasteiger partial charge in [0.1, 0.15) is 16.7 Å². The van der Waals surface area contributed by atoms with Crippen LogP contribution < -0.4 is 0 Å². The highest BCUT2D eigenvalue weighted by atomic mass is 16.3. The van der Waals surface area contributed by atoms with Gasteiger partial charge in [0.05, 0.1) is 6.20 Å². The van der Waals surface area contributed by atoms with Crippen LogP contribution in [0.15, 0.2) is 179 Å². The molecule has 0 aliphatic rings. The zero-order chi connectivity index (χ0) is 35.6. The van der Waals surface area contributed by atoms with Gasteiger partial charge in [-0.05, 0) is 63.4 Å². The molecular weight excluding hydrogens is 665 g/mol. The standard InChI is InChI=1S/C48H28N4O2/c1-2-10-31(11-3-1)46-50-47(52-48(51-46)39-16-9-19-42-45(39)38-26-27-49-28-43(38)54-42)36-25-24-32(34-12-4-5-13-35(34)36)29-20-22-30(23-21-29)33-15-8-18-41-44(33)37-14-6-7-17-40(37)53-41/h1-28H. The Morgan fingerprint density at radius 3 is 1.63 bits per heavy atom. The van der Waals surface area contributed by atoms with Crippen LogP contribution in [0.5, 0.6) is 0 Å². The lowest BCUT2D eigenvalue weighted by molar-refractivity contribution is 0.667. The van der Waals surface area contributed by atoms with E-state index in [1.54, 1.807) is 12.4 Å². The van der Waals surface area contributed by atoms with Crippen molar-refractivity contribution >= 4 is 54.6 Å². The Morgan fingerprint density at radius 2 is 0.852 bits per heavy atom. The molecule has 54 heavy (non-hydrogen) atoms. The molecule has 0 N–H and O–H groups in total. The fourth-order valence-electron chi connectivity index (χ4n) is 7.79. The van der Waals surface area contributed by atoms with Crippen LogP contribution in [0.2, 0.25) is 0 Å². The van der Waals surface area contributed by atoms with Crippen molar-refractivity contribution in [3.05, 3.63) is 170 Å². The van der Waals surface area contributed by atoms with Crippen molar-refractivity contribution in [2.24, 2.45) is 0 Å². The largest absolute Gasteiger partial charge is 0.456 e. The second-order valence-corrected chi connectivity index (χ2v) is 13.4. The number of nitrogens with zero attached hydrogens (tertiary/aromatic N) is 4. The Kier molecular flexibility index (Phi) is 6.75. The molecule has 0 fully saturated rings. The maximum absolute atomic E-state index is 6.18. The van der Waals surface area contributed by atoms with E-state index >= 15 is 0 Å². The summed E-state index contributed by atoms with van der Waals surface area (Å²) < 4.78 is 12.4. The summed E-state index contributed by atoms with van der Waals surface area (Å²) in [6.45, 7) is 0. The molecule has 11 rings (SSSR count). The smallest absolute Gasteiger partial charge is 0.164 e. The van der Waals surface area contributed by atoms with Crippen molar-refractivity contribution in [2.45, 2.75) is 0 Å². The lowest BCUT2D eigenvalue weighted by Crippen LogP contribution is -2.01. The Balaban J connectivity index is 1.06. The molecule has 7 aromatic carbocycles. The highest BCUT2D eigenvalue weighted by molar-refractivity contribution is 6.13.